The second kappa shape index (κ2) is 5.63. The van der Waals surface area contributed by atoms with Crippen LogP contribution in [-0.4, -0.2) is 18.4 Å². The molecule has 0 saturated carbocycles. The molecule has 0 atom stereocenters. The first-order valence-electron chi connectivity index (χ1n) is 6.46. The number of aldehydes is 1. The third kappa shape index (κ3) is 2.84. The Labute approximate surface area is 122 Å². The highest BCUT2D eigenvalue weighted by atomic mass is 16.5. The maximum Gasteiger partial charge on any atom is 0.219 e. The topological polar surface area (TPSA) is 48.4 Å². The van der Waals surface area contributed by atoms with Gasteiger partial charge in [0.15, 0.2) is 0 Å². The molecule has 0 aliphatic carbocycles. The summed E-state index contributed by atoms with van der Waals surface area (Å²) < 4.78 is 10.8. The maximum absolute atomic E-state index is 10.8. The largest absolute Gasteiger partial charge is 0.497 e. The fourth-order valence-corrected chi connectivity index (χ4v) is 2.02. The first kappa shape index (κ1) is 13.1. The van der Waals surface area contributed by atoms with Gasteiger partial charge in [0.2, 0.25) is 5.88 Å². The summed E-state index contributed by atoms with van der Waals surface area (Å²) in [6.07, 6.45) is 0.821. The summed E-state index contributed by atoms with van der Waals surface area (Å²) in [6.45, 7) is 0. The van der Waals surface area contributed by atoms with Crippen molar-refractivity contribution in [2.45, 2.75) is 0 Å². The molecule has 0 bridgehead atoms. The highest BCUT2D eigenvalue weighted by Gasteiger charge is 2.02. The number of hydrogen-bond donors (Lipinski definition) is 0. The molecule has 0 aliphatic heterocycles. The number of methoxy groups -OCH3 is 1. The molecule has 1 heterocycles. The van der Waals surface area contributed by atoms with E-state index in [2.05, 4.69) is 4.98 Å². The summed E-state index contributed by atoms with van der Waals surface area (Å²) >= 11 is 0. The number of carbonyl (C=O) groups excluding carboxylic acids is 1. The van der Waals surface area contributed by atoms with Gasteiger partial charge >= 0.3 is 0 Å². The van der Waals surface area contributed by atoms with E-state index in [1.165, 1.54) is 0 Å². The molecule has 4 nitrogen and oxygen atoms in total. The smallest absolute Gasteiger partial charge is 0.219 e. The van der Waals surface area contributed by atoms with Gasteiger partial charge in [-0.3, -0.25) is 4.79 Å². The molecule has 0 radical (unpaired) electrons. The van der Waals surface area contributed by atoms with Gasteiger partial charge in [-0.25, -0.2) is 4.98 Å². The molecular formula is C17H13NO3. The minimum atomic E-state index is 0.506. The minimum Gasteiger partial charge on any atom is -0.497 e. The Hall–Kier alpha value is -2.88. The van der Waals surface area contributed by atoms with Crippen LogP contribution in [0.25, 0.3) is 10.9 Å². The van der Waals surface area contributed by atoms with Crippen LogP contribution in [0.15, 0.2) is 54.6 Å². The van der Waals surface area contributed by atoms with Crippen molar-refractivity contribution in [1.29, 1.82) is 0 Å². The van der Waals surface area contributed by atoms with Crippen LogP contribution >= 0.6 is 0 Å². The van der Waals surface area contributed by atoms with E-state index < -0.39 is 0 Å². The van der Waals surface area contributed by atoms with Gasteiger partial charge in [0.05, 0.1) is 12.6 Å². The Morgan fingerprint density at radius 2 is 1.71 bits per heavy atom. The molecule has 3 rings (SSSR count). The highest BCUT2D eigenvalue weighted by molar-refractivity contribution is 5.86. The van der Waals surface area contributed by atoms with E-state index in [9.17, 15) is 4.79 Å². The monoisotopic (exact) mass is 279 g/mol. The Bertz CT molecular complexity index is 782. The van der Waals surface area contributed by atoms with E-state index in [-0.39, 0.29) is 0 Å². The van der Waals surface area contributed by atoms with Crippen LogP contribution in [0.4, 0.5) is 0 Å². The van der Waals surface area contributed by atoms with E-state index >= 15 is 0 Å². The van der Waals surface area contributed by atoms with Crippen LogP contribution < -0.4 is 9.47 Å². The van der Waals surface area contributed by atoms with Crippen molar-refractivity contribution >= 4 is 17.2 Å². The van der Waals surface area contributed by atoms with Crippen molar-refractivity contribution < 1.29 is 14.3 Å². The van der Waals surface area contributed by atoms with Crippen LogP contribution in [0.3, 0.4) is 0 Å². The van der Waals surface area contributed by atoms with E-state index in [1.54, 1.807) is 31.4 Å². The quantitative estimate of drug-likeness (QED) is 0.681. The molecule has 0 fully saturated rings. The van der Waals surface area contributed by atoms with Crippen molar-refractivity contribution in [2.24, 2.45) is 0 Å². The summed E-state index contributed by atoms with van der Waals surface area (Å²) in [5.74, 6) is 1.97. The van der Waals surface area contributed by atoms with Crippen molar-refractivity contribution in [2.75, 3.05) is 7.11 Å². The van der Waals surface area contributed by atoms with Crippen LogP contribution in [-0.2, 0) is 0 Å². The van der Waals surface area contributed by atoms with Gasteiger partial charge in [-0.1, -0.05) is 0 Å². The lowest BCUT2D eigenvalue weighted by Crippen LogP contribution is -1.90. The number of nitrogens with zero attached hydrogens (tertiary/aromatic N) is 1. The van der Waals surface area contributed by atoms with Gasteiger partial charge in [-0.15, -0.1) is 0 Å². The number of aromatic nitrogens is 1. The third-order valence-corrected chi connectivity index (χ3v) is 3.11. The molecule has 0 spiro atoms. The van der Waals surface area contributed by atoms with Gasteiger partial charge < -0.3 is 9.47 Å². The predicted octanol–water partition coefficient (Wildman–Crippen LogP) is 3.85. The molecule has 21 heavy (non-hydrogen) atoms. The Morgan fingerprint density at radius 3 is 2.43 bits per heavy atom. The van der Waals surface area contributed by atoms with Crippen molar-refractivity contribution in [3.05, 3.63) is 60.2 Å². The maximum atomic E-state index is 10.8. The van der Waals surface area contributed by atoms with E-state index in [0.29, 0.717) is 17.2 Å². The van der Waals surface area contributed by atoms with E-state index in [1.807, 2.05) is 30.3 Å². The van der Waals surface area contributed by atoms with Gasteiger partial charge in [0.25, 0.3) is 0 Å². The van der Waals surface area contributed by atoms with Gasteiger partial charge in [-0.2, -0.15) is 0 Å². The van der Waals surface area contributed by atoms with Crippen molar-refractivity contribution in [1.82, 2.24) is 4.98 Å². The van der Waals surface area contributed by atoms with Gasteiger partial charge in [0, 0.05) is 17.0 Å². The second-order valence-corrected chi connectivity index (χ2v) is 4.50. The zero-order chi connectivity index (χ0) is 14.7. The van der Waals surface area contributed by atoms with Gasteiger partial charge in [0.1, 0.15) is 17.8 Å². The molecular weight excluding hydrogens is 266 g/mol. The number of ether oxygens (including phenoxy) is 2. The molecule has 0 amide bonds. The first-order chi connectivity index (χ1) is 10.3. The number of rotatable bonds is 4. The molecule has 0 aliphatic rings. The Kier molecular flexibility index (Phi) is 3.51. The summed E-state index contributed by atoms with van der Waals surface area (Å²) in [5, 5.41) is 0.904. The van der Waals surface area contributed by atoms with Gasteiger partial charge in [-0.05, 0) is 48.5 Å². The van der Waals surface area contributed by atoms with Crippen LogP contribution in [0, 0.1) is 0 Å². The number of fused-ring (bicyclic) bond motifs is 1. The summed E-state index contributed by atoms with van der Waals surface area (Å²) in [5.41, 5.74) is 1.42. The van der Waals surface area contributed by atoms with Crippen LogP contribution in [0.5, 0.6) is 17.4 Å². The zero-order valence-corrected chi connectivity index (χ0v) is 11.4. The summed E-state index contributed by atoms with van der Waals surface area (Å²) in [6, 6.07) is 16.3. The normalized spacial score (nSPS) is 10.3. The van der Waals surface area contributed by atoms with E-state index in [4.69, 9.17) is 9.47 Å². The lowest BCUT2D eigenvalue weighted by atomic mass is 10.1. The number of carbonyl (C=O) groups is 1. The number of benzene rings is 2. The van der Waals surface area contributed by atoms with Crippen LogP contribution in [0.1, 0.15) is 10.4 Å². The molecule has 0 N–H and O–H groups in total. The summed E-state index contributed by atoms with van der Waals surface area (Å²) in [7, 11) is 1.62. The fourth-order valence-electron chi connectivity index (χ4n) is 2.02. The molecule has 0 saturated heterocycles. The summed E-state index contributed by atoms with van der Waals surface area (Å²) in [4.78, 5) is 15.2. The predicted molar refractivity (Wildman–Crippen MR) is 80.2 cm³/mol. The second-order valence-electron chi connectivity index (χ2n) is 4.50. The lowest BCUT2D eigenvalue weighted by Gasteiger charge is -2.07. The van der Waals surface area contributed by atoms with Crippen molar-refractivity contribution in [3.63, 3.8) is 0 Å². The van der Waals surface area contributed by atoms with Crippen molar-refractivity contribution in [3.8, 4) is 17.4 Å². The average molecular weight is 279 g/mol. The standard InChI is InChI=1S/C17H13NO3/c1-20-14-4-6-15(7-5-14)21-17-9-3-13-10-12(11-19)2-8-16(13)18-17/h2-11H,1H3. The number of hydrogen-bond acceptors (Lipinski definition) is 4. The Morgan fingerprint density at radius 1 is 0.952 bits per heavy atom. The first-order valence-corrected chi connectivity index (χ1v) is 6.46. The molecule has 4 heteroatoms. The minimum absolute atomic E-state index is 0.506. The third-order valence-electron chi connectivity index (χ3n) is 3.11. The molecule has 1 aromatic heterocycles. The molecule has 0 unspecified atom stereocenters. The molecule has 3 aromatic rings. The average Bonchev–Trinajstić information content (AvgIpc) is 2.55. The molecule has 104 valence electrons. The highest BCUT2D eigenvalue weighted by Crippen LogP contribution is 2.24. The Balaban J connectivity index is 1.88. The zero-order valence-electron chi connectivity index (χ0n) is 11.4. The fraction of sp³-hybridized carbons (Fsp3) is 0.0588. The lowest BCUT2D eigenvalue weighted by molar-refractivity contribution is 0.112. The molecule has 2 aromatic carbocycles. The van der Waals surface area contributed by atoms with E-state index in [0.717, 1.165) is 22.9 Å². The number of pyridine rings is 1. The van der Waals surface area contributed by atoms with Crippen LogP contribution in [0.2, 0.25) is 0 Å². The SMILES string of the molecule is COc1ccc(Oc2ccc3cc(C=O)ccc3n2)cc1.